The fraction of sp³-hybridized carbons (Fsp3) is 0.583. The fourth-order valence-corrected chi connectivity index (χ4v) is 1.85. The van der Waals surface area contributed by atoms with Crippen molar-refractivity contribution >= 4 is 0 Å². The Morgan fingerprint density at radius 3 is 2.94 bits per heavy atom. The normalized spacial score (nSPS) is 17.9. The van der Waals surface area contributed by atoms with Gasteiger partial charge in [0.25, 0.3) is 0 Å². The molecule has 0 amide bonds. The zero-order valence-electron chi connectivity index (χ0n) is 9.57. The average Bonchev–Trinajstić information content (AvgIpc) is 2.27. The van der Waals surface area contributed by atoms with Crippen LogP contribution in [0, 0.1) is 0 Å². The predicted molar refractivity (Wildman–Crippen MR) is 61.3 cm³/mol. The lowest BCUT2D eigenvalue weighted by Crippen LogP contribution is -2.46. The van der Waals surface area contributed by atoms with E-state index in [9.17, 15) is 5.11 Å². The van der Waals surface area contributed by atoms with Crippen molar-refractivity contribution in [2.75, 3.05) is 13.7 Å². The molecule has 2 rings (SSSR count). The van der Waals surface area contributed by atoms with Crippen LogP contribution in [0.3, 0.4) is 0 Å². The average molecular weight is 222 g/mol. The lowest BCUT2D eigenvalue weighted by Gasteiger charge is -2.36. The summed E-state index contributed by atoms with van der Waals surface area (Å²) in [5.74, 6) is 0.627. The van der Waals surface area contributed by atoms with Crippen molar-refractivity contribution < 1.29 is 9.84 Å². The van der Waals surface area contributed by atoms with Crippen molar-refractivity contribution in [1.82, 2.24) is 10.3 Å². The van der Waals surface area contributed by atoms with E-state index in [1.807, 2.05) is 18.2 Å². The summed E-state index contributed by atoms with van der Waals surface area (Å²) in [6.45, 7) is 1.31. The minimum Gasteiger partial charge on any atom is -0.481 e. The van der Waals surface area contributed by atoms with Crippen molar-refractivity contribution in [3.05, 3.63) is 23.9 Å². The molecule has 1 heterocycles. The van der Waals surface area contributed by atoms with E-state index in [-0.39, 0.29) is 0 Å². The molecule has 2 N–H and O–H groups in total. The van der Waals surface area contributed by atoms with E-state index in [0.717, 1.165) is 25.0 Å². The summed E-state index contributed by atoms with van der Waals surface area (Å²) in [5, 5.41) is 13.1. The van der Waals surface area contributed by atoms with Gasteiger partial charge in [-0.15, -0.1) is 0 Å². The van der Waals surface area contributed by atoms with E-state index in [4.69, 9.17) is 4.74 Å². The van der Waals surface area contributed by atoms with Gasteiger partial charge in [-0.05, 0) is 25.3 Å². The summed E-state index contributed by atoms with van der Waals surface area (Å²) in [4.78, 5) is 4.29. The summed E-state index contributed by atoms with van der Waals surface area (Å²) in [6.07, 6.45) is 2.95. The van der Waals surface area contributed by atoms with Crippen molar-refractivity contribution in [2.24, 2.45) is 0 Å². The van der Waals surface area contributed by atoms with Gasteiger partial charge in [0, 0.05) is 19.2 Å². The molecule has 4 heteroatoms. The minimum atomic E-state index is -0.473. The number of pyridine rings is 1. The maximum absolute atomic E-state index is 9.88. The first-order valence-electron chi connectivity index (χ1n) is 5.65. The van der Waals surface area contributed by atoms with Gasteiger partial charge in [-0.3, -0.25) is 0 Å². The molecule has 1 fully saturated rings. The standard InChI is InChI=1S/C12H18N2O2/c1-16-11-5-2-4-10(14-11)8-13-9-12(15)6-3-7-12/h2,4-5,13,15H,3,6-9H2,1H3. The number of ether oxygens (including phenoxy) is 1. The largest absolute Gasteiger partial charge is 0.481 e. The molecule has 16 heavy (non-hydrogen) atoms. The number of hydrogen-bond acceptors (Lipinski definition) is 4. The lowest BCUT2D eigenvalue weighted by molar-refractivity contribution is -0.0315. The molecule has 1 aliphatic carbocycles. The lowest BCUT2D eigenvalue weighted by atomic mass is 9.80. The third kappa shape index (κ3) is 2.71. The van der Waals surface area contributed by atoms with Gasteiger partial charge in [-0.25, -0.2) is 4.98 Å². The van der Waals surface area contributed by atoms with Crippen molar-refractivity contribution in [2.45, 2.75) is 31.4 Å². The van der Waals surface area contributed by atoms with Crippen LogP contribution in [0.1, 0.15) is 25.0 Å². The van der Waals surface area contributed by atoms with E-state index in [2.05, 4.69) is 10.3 Å². The summed E-state index contributed by atoms with van der Waals surface area (Å²) in [7, 11) is 1.61. The Labute approximate surface area is 95.7 Å². The first-order valence-corrected chi connectivity index (χ1v) is 5.65. The number of methoxy groups -OCH3 is 1. The molecule has 1 aromatic rings. The molecular weight excluding hydrogens is 204 g/mol. The summed E-state index contributed by atoms with van der Waals surface area (Å²) in [6, 6.07) is 5.68. The highest BCUT2D eigenvalue weighted by Crippen LogP contribution is 2.30. The van der Waals surface area contributed by atoms with Gasteiger partial charge in [-0.2, -0.15) is 0 Å². The smallest absolute Gasteiger partial charge is 0.213 e. The highest BCUT2D eigenvalue weighted by molar-refractivity contribution is 5.15. The first kappa shape index (κ1) is 11.4. The molecule has 0 bridgehead atoms. The van der Waals surface area contributed by atoms with E-state index in [0.29, 0.717) is 19.0 Å². The van der Waals surface area contributed by atoms with Crippen LogP contribution >= 0.6 is 0 Å². The van der Waals surface area contributed by atoms with Gasteiger partial charge in [0.15, 0.2) is 0 Å². The number of nitrogens with zero attached hydrogens (tertiary/aromatic N) is 1. The van der Waals surface area contributed by atoms with Crippen LogP contribution in [-0.2, 0) is 6.54 Å². The van der Waals surface area contributed by atoms with Crippen molar-refractivity contribution in [1.29, 1.82) is 0 Å². The molecule has 88 valence electrons. The van der Waals surface area contributed by atoms with Crippen LogP contribution in [-0.4, -0.2) is 29.3 Å². The monoisotopic (exact) mass is 222 g/mol. The topological polar surface area (TPSA) is 54.4 Å². The third-order valence-electron chi connectivity index (χ3n) is 3.03. The van der Waals surface area contributed by atoms with Crippen LogP contribution in [0.2, 0.25) is 0 Å². The molecule has 0 unspecified atom stereocenters. The van der Waals surface area contributed by atoms with Crippen LogP contribution in [0.25, 0.3) is 0 Å². The molecule has 0 atom stereocenters. The van der Waals surface area contributed by atoms with Crippen LogP contribution in [0.5, 0.6) is 5.88 Å². The number of rotatable bonds is 5. The molecular formula is C12H18N2O2. The Hall–Kier alpha value is -1.13. The summed E-state index contributed by atoms with van der Waals surface area (Å²) in [5.41, 5.74) is 0.459. The highest BCUT2D eigenvalue weighted by Gasteiger charge is 2.33. The molecule has 0 spiro atoms. The molecule has 1 aromatic heterocycles. The molecule has 0 aromatic carbocycles. The van der Waals surface area contributed by atoms with Crippen molar-refractivity contribution in [3.8, 4) is 5.88 Å². The molecule has 0 aliphatic heterocycles. The maximum Gasteiger partial charge on any atom is 0.213 e. The van der Waals surface area contributed by atoms with Gasteiger partial charge in [0.2, 0.25) is 5.88 Å². The van der Waals surface area contributed by atoms with Crippen LogP contribution < -0.4 is 10.1 Å². The molecule has 1 saturated carbocycles. The van der Waals surface area contributed by atoms with E-state index in [1.54, 1.807) is 7.11 Å². The maximum atomic E-state index is 9.88. The van der Waals surface area contributed by atoms with Gasteiger partial charge in [0.05, 0.1) is 18.4 Å². The van der Waals surface area contributed by atoms with Gasteiger partial charge >= 0.3 is 0 Å². The fourth-order valence-electron chi connectivity index (χ4n) is 1.85. The highest BCUT2D eigenvalue weighted by atomic mass is 16.5. The van der Waals surface area contributed by atoms with E-state index >= 15 is 0 Å². The third-order valence-corrected chi connectivity index (χ3v) is 3.03. The second-order valence-electron chi connectivity index (χ2n) is 4.35. The predicted octanol–water partition coefficient (Wildman–Crippen LogP) is 1.09. The Morgan fingerprint density at radius 2 is 2.31 bits per heavy atom. The van der Waals surface area contributed by atoms with Crippen molar-refractivity contribution in [3.63, 3.8) is 0 Å². The number of aromatic nitrogens is 1. The Balaban J connectivity index is 1.80. The molecule has 1 aliphatic rings. The van der Waals surface area contributed by atoms with Gasteiger partial charge < -0.3 is 15.2 Å². The first-order chi connectivity index (χ1) is 7.72. The van der Waals surface area contributed by atoms with E-state index < -0.39 is 5.60 Å². The Kier molecular flexibility index (Phi) is 3.41. The number of aliphatic hydroxyl groups is 1. The Bertz CT molecular complexity index is 351. The van der Waals surface area contributed by atoms with Gasteiger partial charge in [0.1, 0.15) is 0 Å². The summed E-state index contributed by atoms with van der Waals surface area (Å²) >= 11 is 0. The zero-order chi connectivity index (χ0) is 11.4. The molecule has 0 saturated heterocycles. The van der Waals surface area contributed by atoms with Gasteiger partial charge in [-0.1, -0.05) is 6.07 Å². The molecule has 0 radical (unpaired) electrons. The Morgan fingerprint density at radius 1 is 1.50 bits per heavy atom. The SMILES string of the molecule is COc1cccc(CNCC2(O)CCC2)n1. The minimum absolute atomic E-state index is 0.473. The second-order valence-corrected chi connectivity index (χ2v) is 4.35. The summed E-state index contributed by atoms with van der Waals surface area (Å²) < 4.78 is 5.05. The zero-order valence-corrected chi connectivity index (χ0v) is 9.57. The second kappa shape index (κ2) is 4.80. The molecule has 4 nitrogen and oxygen atoms in total. The van der Waals surface area contributed by atoms with Crippen LogP contribution in [0.15, 0.2) is 18.2 Å². The number of hydrogen-bond donors (Lipinski definition) is 2. The van der Waals surface area contributed by atoms with Crippen LogP contribution in [0.4, 0.5) is 0 Å². The number of nitrogens with one attached hydrogen (secondary N) is 1. The quantitative estimate of drug-likeness (QED) is 0.783. The van der Waals surface area contributed by atoms with E-state index in [1.165, 1.54) is 0 Å².